The number of ether oxygens (including phenoxy) is 2. The molecule has 0 bridgehead atoms. The Labute approximate surface area is 102 Å². The number of benzene rings is 1. The minimum atomic E-state index is 0.211. The Hall–Kier alpha value is -1.33. The molecule has 0 N–H and O–H groups in total. The summed E-state index contributed by atoms with van der Waals surface area (Å²) < 4.78 is 10.4. The molecule has 16 heavy (non-hydrogen) atoms. The van der Waals surface area contributed by atoms with Crippen LogP contribution in [-0.4, -0.2) is 14.2 Å². The third kappa shape index (κ3) is 2.62. The third-order valence-electron chi connectivity index (χ3n) is 2.46. The first kappa shape index (κ1) is 12.7. The Balaban J connectivity index is 3.18. The highest BCUT2D eigenvalue weighted by Crippen LogP contribution is 2.37. The fourth-order valence-electron chi connectivity index (χ4n) is 1.56. The van der Waals surface area contributed by atoms with Crippen LogP contribution >= 0.6 is 11.6 Å². The molecule has 1 aromatic rings. The highest BCUT2D eigenvalue weighted by Gasteiger charge is 2.14. The minimum absolute atomic E-state index is 0.211. The molecular formula is C13H15ClO2. The van der Waals surface area contributed by atoms with Crippen LogP contribution in [0.2, 0.25) is 5.02 Å². The Bertz CT molecular complexity index is 407. The Morgan fingerprint density at radius 3 is 2.44 bits per heavy atom. The van der Waals surface area contributed by atoms with Gasteiger partial charge in [0.1, 0.15) is 11.5 Å². The van der Waals surface area contributed by atoms with Gasteiger partial charge < -0.3 is 9.47 Å². The van der Waals surface area contributed by atoms with Gasteiger partial charge in [-0.2, -0.15) is 0 Å². The maximum absolute atomic E-state index is 6.07. The molecule has 0 spiro atoms. The quantitative estimate of drug-likeness (QED) is 0.748. The molecule has 0 radical (unpaired) electrons. The maximum Gasteiger partial charge on any atom is 0.141 e. The molecule has 86 valence electrons. The minimum Gasteiger partial charge on any atom is -0.496 e. The van der Waals surface area contributed by atoms with Gasteiger partial charge in [-0.05, 0) is 17.5 Å². The van der Waals surface area contributed by atoms with Gasteiger partial charge in [0.25, 0.3) is 0 Å². The zero-order valence-electron chi connectivity index (χ0n) is 9.71. The van der Waals surface area contributed by atoms with Crippen molar-refractivity contribution in [2.24, 2.45) is 0 Å². The van der Waals surface area contributed by atoms with Crippen molar-refractivity contribution in [3.05, 3.63) is 22.7 Å². The van der Waals surface area contributed by atoms with E-state index < -0.39 is 0 Å². The van der Waals surface area contributed by atoms with Gasteiger partial charge in [-0.1, -0.05) is 18.5 Å². The van der Waals surface area contributed by atoms with E-state index in [4.69, 9.17) is 27.5 Å². The van der Waals surface area contributed by atoms with Crippen LogP contribution in [0.15, 0.2) is 12.1 Å². The highest BCUT2D eigenvalue weighted by atomic mass is 35.5. The number of hydrogen-bond donors (Lipinski definition) is 0. The highest BCUT2D eigenvalue weighted by molar-refractivity contribution is 6.32. The smallest absolute Gasteiger partial charge is 0.141 e. The normalized spacial score (nSPS) is 11.7. The van der Waals surface area contributed by atoms with E-state index in [1.54, 1.807) is 20.3 Å². The van der Waals surface area contributed by atoms with E-state index >= 15 is 0 Å². The van der Waals surface area contributed by atoms with Gasteiger partial charge in [0.2, 0.25) is 0 Å². The first-order valence-electron chi connectivity index (χ1n) is 4.98. The van der Waals surface area contributed by atoms with Crippen LogP contribution in [0.5, 0.6) is 11.5 Å². The Morgan fingerprint density at radius 2 is 1.94 bits per heavy atom. The van der Waals surface area contributed by atoms with Crippen molar-refractivity contribution >= 4 is 11.6 Å². The molecule has 0 aliphatic rings. The monoisotopic (exact) mass is 238 g/mol. The number of rotatable bonds is 4. The average molecular weight is 239 g/mol. The Morgan fingerprint density at radius 1 is 1.31 bits per heavy atom. The van der Waals surface area contributed by atoms with Crippen LogP contribution < -0.4 is 9.47 Å². The Kier molecular flexibility index (Phi) is 4.52. The van der Waals surface area contributed by atoms with E-state index in [1.165, 1.54) is 0 Å². The number of terminal acetylenes is 1. The summed E-state index contributed by atoms with van der Waals surface area (Å²) in [4.78, 5) is 0. The fourth-order valence-corrected chi connectivity index (χ4v) is 1.80. The summed E-state index contributed by atoms with van der Waals surface area (Å²) in [5.74, 6) is 4.21. The SMILES string of the molecule is C#CCC(C)c1cc(Cl)c(OC)cc1OC. The topological polar surface area (TPSA) is 18.5 Å². The largest absolute Gasteiger partial charge is 0.496 e. The summed E-state index contributed by atoms with van der Waals surface area (Å²) in [5.41, 5.74) is 1.01. The molecule has 0 aromatic heterocycles. The lowest BCUT2D eigenvalue weighted by Crippen LogP contribution is -1.98. The van der Waals surface area contributed by atoms with Crippen molar-refractivity contribution in [2.75, 3.05) is 14.2 Å². The van der Waals surface area contributed by atoms with E-state index in [1.807, 2.05) is 13.0 Å². The summed E-state index contributed by atoms with van der Waals surface area (Å²) >= 11 is 6.07. The molecule has 2 nitrogen and oxygen atoms in total. The second kappa shape index (κ2) is 5.67. The van der Waals surface area contributed by atoms with Gasteiger partial charge in [-0.25, -0.2) is 0 Å². The van der Waals surface area contributed by atoms with Gasteiger partial charge in [-0.15, -0.1) is 12.3 Å². The summed E-state index contributed by atoms with van der Waals surface area (Å²) in [6, 6.07) is 3.63. The second-order valence-electron chi connectivity index (χ2n) is 3.54. The molecule has 1 rings (SSSR count). The van der Waals surface area contributed by atoms with Crippen molar-refractivity contribution in [3.63, 3.8) is 0 Å². The van der Waals surface area contributed by atoms with Crippen LogP contribution in [0.25, 0.3) is 0 Å². The lowest BCUT2D eigenvalue weighted by atomic mass is 9.97. The van der Waals surface area contributed by atoms with Gasteiger partial charge in [0, 0.05) is 12.5 Å². The van der Waals surface area contributed by atoms with Crippen molar-refractivity contribution in [1.82, 2.24) is 0 Å². The van der Waals surface area contributed by atoms with Gasteiger partial charge >= 0.3 is 0 Å². The summed E-state index contributed by atoms with van der Waals surface area (Å²) in [6.45, 7) is 2.04. The summed E-state index contributed by atoms with van der Waals surface area (Å²) in [7, 11) is 3.19. The second-order valence-corrected chi connectivity index (χ2v) is 3.95. The predicted octanol–water partition coefficient (Wildman–Crippen LogP) is 3.48. The zero-order valence-corrected chi connectivity index (χ0v) is 10.5. The summed E-state index contributed by atoms with van der Waals surface area (Å²) in [5, 5.41) is 0.571. The molecule has 0 saturated carbocycles. The van der Waals surface area contributed by atoms with Gasteiger partial charge in [0.15, 0.2) is 0 Å². The lowest BCUT2D eigenvalue weighted by Gasteiger charge is -2.15. The first-order chi connectivity index (χ1) is 7.63. The standard InChI is InChI=1S/C13H15ClO2/c1-5-6-9(2)10-7-11(14)13(16-4)8-12(10)15-3/h1,7-9H,6H2,2-4H3. The molecule has 0 amide bonds. The van der Waals surface area contributed by atoms with Crippen molar-refractivity contribution in [1.29, 1.82) is 0 Å². The van der Waals surface area contributed by atoms with Crippen molar-refractivity contribution in [3.8, 4) is 23.8 Å². The molecular weight excluding hydrogens is 224 g/mol. The molecule has 0 aliphatic heterocycles. The van der Waals surface area contributed by atoms with Crippen LogP contribution in [0.3, 0.4) is 0 Å². The van der Waals surface area contributed by atoms with E-state index in [2.05, 4.69) is 5.92 Å². The van der Waals surface area contributed by atoms with E-state index in [9.17, 15) is 0 Å². The van der Waals surface area contributed by atoms with Crippen LogP contribution in [0, 0.1) is 12.3 Å². The van der Waals surface area contributed by atoms with E-state index in [0.717, 1.165) is 11.3 Å². The van der Waals surface area contributed by atoms with Gasteiger partial charge in [0.05, 0.1) is 19.2 Å². The number of halogens is 1. The molecule has 3 heteroatoms. The van der Waals surface area contributed by atoms with Crippen LogP contribution in [-0.2, 0) is 0 Å². The zero-order chi connectivity index (χ0) is 12.1. The molecule has 0 heterocycles. The number of hydrogen-bond acceptors (Lipinski definition) is 2. The van der Waals surface area contributed by atoms with Crippen molar-refractivity contribution < 1.29 is 9.47 Å². The predicted molar refractivity (Wildman–Crippen MR) is 66.4 cm³/mol. The fraction of sp³-hybridized carbons (Fsp3) is 0.385. The first-order valence-corrected chi connectivity index (χ1v) is 5.36. The van der Waals surface area contributed by atoms with Crippen LogP contribution in [0.4, 0.5) is 0 Å². The van der Waals surface area contributed by atoms with E-state index in [0.29, 0.717) is 17.2 Å². The van der Waals surface area contributed by atoms with Crippen molar-refractivity contribution in [2.45, 2.75) is 19.3 Å². The average Bonchev–Trinajstić information content (AvgIpc) is 2.29. The number of methoxy groups -OCH3 is 2. The third-order valence-corrected chi connectivity index (χ3v) is 2.75. The molecule has 0 saturated heterocycles. The van der Waals surface area contributed by atoms with Gasteiger partial charge in [-0.3, -0.25) is 0 Å². The molecule has 1 aromatic carbocycles. The summed E-state index contributed by atoms with van der Waals surface area (Å²) in [6.07, 6.45) is 5.96. The molecule has 0 fully saturated rings. The van der Waals surface area contributed by atoms with Crippen LogP contribution in [0.1, 0.15) is 24.8 Å². The molecule has 1 atom stereocenters. The molecule has 0 aliphatic carbocycles. The maximum atomic E-state index is 6.07. The molecule has 1 unspecified atom stereocenters. The lowest BCUT2D eigenvalue weighted by molar-refractivity contribution is 0.389. The van der Waals surface area contributed by atoms with E-state index in [-0.39, 0.29) is 5.92 Å².